The van der Waals surface area contributed by atoms with E-state index in [4.69, 9.17) is 9.47 Å². The van der Waals surface area contributed by atoms with Gasteiger partial charge in [-0.15, -0.1) is 11.3 Å². The van der Waals surface area contributed by atoms with E-state index in [2.05, 4.69) is 15.5 Å². The SMILES string of the molecule is CCOC(=O)Cc1csc(NN=Cc2cc(OC)cc(C(F)(F)F)c2)n1. The number of nitrogens with one attached hydrogen (secondary N) is 1. The molecule has 140 valence electrons. The van der Waals surface area contributed by atoms with Crippen LogP contribution in [-0.4, -0.2) is 30.9 Å². The number of hydrogen-bond donors (Lipinski definition) is 1. The Bertz CT molecular complexity index is 791. The Hall–Kier alpha value is -2.62. The molecule has 0 bridgehead atoms. The van der Waals surface area contributed by atoms with Gasteiger partial charge in [-0.25, -0.2) is 4.98 Å². The number of carbonyl (C=O) groups excluding carboxylic acids is 1. The lowest BCUT2D eigenvalue weighted by Gasteiger charge is -2.09. The summed E-state index contributed by atoms with van der Waals surface area (Å²) < 4.78 is 48.3. The van der Waals surface area contributed by atoms with Crippen LogP contribution in [0.3, 0.4) is 0 Å². The van der Waals surface area contributed by atoms with Crippen LogP contribution in [0.1, 0.15) is 23.7 Å². The van der Waals surface area contributed by atoms with Gasteiger partial charge in [-0.2, -0.15) is 18.3 Å². The number of halogens is 3. The summed E-state index contributed by atoms with van der Waals surface area (Å²) in [6, 6.07) is 3.30. The third-order valence-electron chi connectivity index (χ3n) is 3.05. The molecular weight excluding hydrogens is 371 g/mol. The molecule has 2 aromatic rings. The summed E-state index contributed by atoms with van der Waals surface area (Å²) in [5, 5.41) is 5.94. The largest absolute Gasteiger partial charge is 0.497 e. The fourth-order valence-electron chi connectivity index (χ4n) is 1.94. The van der Waals surface area contributed by atoms with Crippen molar-refractivity contribution in [2.24, 2.45) is 5.10 Å². The average molecular weight is 387 g/mol. The van der Waals surface area contributed by atoms with Crippen molar-refractivity contribution in [1.82, 2.24) is 4.98 Å². The van der Waals surface area contributed by atoms with Crippen LogP contribution in [0.2, 0.25) is 0 Å². The van der Waals surface area contributed by atoms with Crippen LogP contribution in [0.15, 0.2) is 28.7 Å². The van der Waals surface area contributed by atoms with Gasteiger partial charge in [0.1, 0.15) is 5.75 Å². The van der Waals surface area contributed by atoms with Gasteiger partial charge in [-0.1, -0.05) is 0 Å². The topological polar surface area (TPSA) is 72.8 Å². The third-order valence-corrected chi connectivity index (χ3v) is 3.84. The maximum absolute atomic E-state index is 12.9. The van der Waals surface area contributed by atoms with Crippen LogP contribution in [0, 0.1) is 0 Å². The molecule has 0 unspecified atom stereocenters. The summed E-state index contributed by atoms with van der Waals surface area (Å²) in [4.78, 5) is 15.5. The molecule has 1 aromatic carbocycles. The summed E-state index contributed by atoms with van der Waals surface area (Å²) in [6.07, 6.45) is -3.22. The normalized spacial score (nSPS) is 11.6. The highest BCUT2D eigenvalue weighted by Crippen LogP contribution is 2.32. The van der Waals surface area contributed by atoms with E-state index < -0.39 is 11.7 Å². The van der Waals surface area contributed by atoms with Crippen LogP contribution in [0.25, 0.3) is 0 Å². The lowest BCUT2D eigenvalue weighted by molar-refractivity contribution is -0.142. The fraction of sp³-hybridized carbons (Fsp3) is 0.312. The molecule has 0 saturated heterocycles. The van der Waals surface area contributed by atoms with Crippen LogP contribution in [-0.2, 0) is 22.1 Å². The Labute approximate surface area is 151 Å². The molecule has 0 atom stereocenters. The maximum Gasteiger partial charge on any atom is 0.416 e. The van der Waals surface area contributed by atoms with Crippen molar-refractivity contribution in [3.05, 3.63) is 40.4 Å². The number of aromatic nitrogens is 1. The first kappa shape index (κ1) is 19.7. The molecule has 1 N–H and O–H groups in total. The van der Waals surface area contributed by atoms with Crippen LogP contribution in [0.5, 0.6) is 5.75 Å². The van der Waals surface area contributed by atoms with Crippen molar-refractivity contribution in [3.8, 4) is 5.75 Å². The first-order valence-corrected chi connectivity index (χ1v) is 8.35. The highest BCUT2D eigenvalue weighted by atomic mass is 32.1. The summed E-state index contributed by atoms with van der Waals surface area (Å²) >= 11 is 1.21. The molecule has 0 aliphatic heterocycles. The number of anilines is 1. The molecule has 0 aliphatic rings. The molecule has 1 aromatic heterocycles. The molecular formula is C16H16F3N3O3S. The number of ether oxygens (including phenoxy) is 2. The van der Waals surface area contributed by atoms with Crippen LogP contribution in [0.4, 0.5) is 18.3 Å². The minimum atomic E-state index is -4.48. The highest BCUT2D eigenvalue weighted by Gasteiger charge is 2.31. The Morgan fingerprint density at radius 2 is 2.15 bits per heavy atom. The molecule has 0 amide bonds. The number of alkyl halides is 3. The first-order chi connectivity index (χ1) is 12.3. The number of thiazole rings is 1. The number of methoxy groups -OCH3 is 1. The van der Waals surface area contributed by atoms with E-state index in [9.17, 15) is 18.0 Å². The van der Waals surface area contributed by atoms with Crippen molar-refractivity contribution >= 4 is 28.7 Å². The number of esters is 1. The van der Waals surface area contributed by atoms with Gasteiger partial charge in [0.05, 0.1) is 37.6 Å². The van der Waals surface area contributed by atoms with Crippen LogP contribution >= 0.6 is 11.3 Å². The minimum Gasteiger partial charge on any atom is -0.497 e. The number of hydrogen-bond acceptors (Lipinski definition) is 7. The Kier molecular flexibility index (Phi) is 6.56. The number of nitrogens with zero attached hydrogens (tertiary/aromatic N) is 2. The molecule has 0 fully saturated rings. The van der Waals surface area contributed by atoms with E-state index in [0.29, 0.717) is 17.4 Å². The van der Waals surface area contributed by atoms with Crippen molar-refractivity contribution in [3.63, 3.8) is 0 Å². The van der Waals surface area contributed by atoms with Crippen LogP contribution < -0.4 is 10.2 Å². The lowest BCUT2D eigenvalue weighted by Crippen LogP contribution is -2.07. The van der Waals surface area contributed by atoms with Gasteiger partial charge in [-0.3, -0.25) is 10.2 Å². The van der Waals surface area contributed by atoms with E-state index in [-0.39, 0.29) is 23.7 Å². The van der Waals surface area contributed by atoms with Gasteiger partial charge in [0.15, 0.2) is 0 Å². The quantitative estimate of drug-likeness (QED) is 0.445. The van der Waals surface area contributed by atoms with Crippen molar-refractivity contribution in [2.75, 3.05) is 19.1 Å². The van der Waals surface area contributed by atoms with Gasteiger partial charge in [-0.05, 0) is 30.7 Å². The summed E-state index contributed by atoms with van der Waals surface area (Å²) in [5.41, 5.74) is 2.52. The Morgan fingerprint density at radius 1 is 1.38 bits per heavy atom. The van der Waals surface area contributed by atoms with E-state index >= 15 is 0 Å². The second kappa shape index (κ2) is 8.65. The second-order valence-corrected chi connectivity index (χ2v) is 5.85. The monoisotopic (exact) mass is 387 g/mol. The fourth-order valence-corrected chi connectivity index (χ4v) is 2.60. The molecule has 26 heavy (non-hydrogen) atoms. The molecule has 6 nitrogen and oxygen atoms in total. The predicted molar refractivity (Wildman–Crippen MR) is 91.7 cm³/mol. The number of hydrazone groups is 1. The van der Waals surface area contributed by atoms with Crippen molar-refractivity contribution in [2.45, 2.75) is 19.5 Å². The van der Waals surface area contributed by atoms with E-state index in [1.54, 1.807) is 12.3 Å². The minimum absolute atomic E-state index is 0.0422. The molecule has 2 rings (SSSR count). The Morgan fingerprint density at radius 3 is 2.81 bits per heavy atom. The molecule has 0 spiro atoms. The zero-order valence-electron chi connectivity index (χ0n) is 14.0. The van der Waals surface area contributed by atoms with Gasteiger partial charge in [0.25, 0.3) is 0 Å². The summed E-state index contributed by atoms with van der Waals surface area (Å²) in [5.74, 6) is -0.309. The van der Waals surface area contributed by atoms with Crippen molar-refractivity contribution < 1.29 is 27.4 Å². The lowest BCUT2D eigenvalue weighted by atomic mass is 10.1. The molecule has 1 heterocycles. The Balaban J connectivity index is 2.04. The standard InChI is InChI=1S/C16H16F3N3O3S/c1-3-25-14(23)7-12-9-26-15(21-12)22-20-8-10-4-11(16(17,18)19)6-13(5-10)24-2/h4-6,8-9H,3,7H2,1-2H3,(H,21,22). The smallest absolute Gasteiger partial charge is 0.416 e. The van der Waals surface area contributed by atoms with Gasteiger partial charge in [0, 0.05) is 5.38 Å². The number of rotatable bonds is 7. The van der Waals surface area contributed by atoms with E-state index in [1.807, 2.05) is 0 Å². The molecule has 0 saturated carbocycles. The van der Waals surface area contributed by atoms with Crippen molar-refractivity contribution in [1.29, 1.82) is 0 Å². The second-order valence-electron chi connectivity index (χ2n) is 4.99. The van der Waals surface area contributed by atoms with Gasteiger partial charge >= 0.3 is 12.1 Å². The maximum atomic E-state index is 12.9. The first-order valence-electron chi connectivity index (χ1n) is 7.47. The molecule has 10 heteroatoms. The number of carbonyl (C=O) groups is 1. The highest BCUT2D eigenvalue weighted by molar-refractivity contribution is 7.13. The average Bonchev–Trinajstić information content (AvgIpc) is 3.01. The number of benzene rings is 1. The van der Waals surface area contributed by atoms with Gasteiger partial charge < -0.3 is 9.47 Å². The van der Waals surface area contributed by atoms with E-state index in [1.165, 1.54) is 30.7 Å². The van der Waals surface area contributed by atoms with E-state index in [0.717, 1.165) is 12.1 Å². The summed E-state index contributed by atoms with van der Waals surface area (Å²) in [6.45, 7) is 2.00. The zero-order chi connectivity index (χ0) is 19.2. The van der Waals surface area contributed by atoms with Gasteiger partial charge in [0.2, 0.25) is 5.13 Å². The summed E-state index contributed by atoms with van der Waals surface area (Å²) in [7, 11) is 1.29. The molecule has 0 radical (unpaired) electrons. The zero-order valence-corrected chi connectivity index (χ0v) is 14.8. The third kappa shape index (κ3) is 5.73. The molecule has 0 aliphatic carbocycles. The predicted octanol–water partition coefficient (Wildman–Crippen LogP) is 3.72.